The molecule has 94 valence electrons. The van der Waals surface area contributed by atoms with E-state index in [4.69, 9.17) is 39.9 Å². The normalized spacial score (nSPS) is 10.7. The van der Waals surface area contributed by atoms with E-state index in [-0.39, 0.29) is 22.2 Å². The average Bonchev–Trinajstić information content (AvgIpc) is 2.37. The van der Waals surface area contributed by atoms with E-state index < -0.39 is 0 Å². The first-order valence-corrected chi connectivity index (χ1v) is 6.15. The molecule has 1 aromatic carbocycles. The van der Waals surface area contributed by atoms with Gasteiger partial charge in [-0.25, -0.2) is 0 Å². The fraction of sp³-hybridized carbons (Fsp3) is 0.0833. The van der Waals surface area contributed by atoms with E-state index in [2.05, 4.69) is 4.98 Å². The molecule has 6 heteroatoms. The van der Waals surface area contributed by atoms with E-state index in [1.54, 1.807) is 24.3 Å². The van der Waals surface area contributed by atoms with E-state index in [0.29, 0.717) is 21.8 Å². The highest BCUT2D eigenvalue weighted by atomic mass is 35.5. The number of benzene rings is 1. The molecule has 0 bridgehead atoms. The van der Waals surface area contributed by atoms with E-state index in [9.17, 15) is 4.79 Å². The molecule has 0 atom stereocenters. The predicted molar refractivity (Wildman–Crippen MR) is 73.5 cm³/mol. The van der Waals surface area contributed by atoms with Crippen LogP contribution in [0.2, 0.25) is 15.1 Å². The number of aromatic nitrogens is 1. The van der Waals surface area contributed by atoms with Crippen LogP contribution in [0.3, 0.4) is 0 Å². The summed E-state index contributed by atoms with van der Waals surface area (Å²) in [4.78, 5) is 14.4. The van der Waals surface area contributed by atoms with Crippen LogP contribution in [-0.2, 0) is 6.61 Å². The summed E-state index contributed by atoms with van der Waals surface area (Å²) in [5, 5.41) is 9.69. The largest absolute Gasteiger partial charge is 0.390 e. The van der Waals surface area contributed by atoms with Crippen molar-refractivity contribution in [2.24, 2.45) is 0 Å². The van der Waals surface area contributed by atoms with Gasteiger partial charge in [0, 0.05) is 16.8 Å². The molecule has 0 fully saturated rings. The van der Waals surface area contributed by atoms with Crippen LogP contribution in [-0.4, -0.2) is 10.1 Å². The maximum atomic E-state index is 11.8. The number of aromatic amines is 1. The molecule has 3 nitrogen and oxygen atoms in total. The number of nitrogens with one attached hydrogen (secondary N) is 1. The number of hydrogen-bond acceptors (Lipinski definition) is 2. The van der Waals surface area contributed by atoms with Gasteiger partial charge in [-0.2, -0.15) is 0 Å². The van der Waals surface area contributed by atoms with Gasteiger partial charge in [-0.05, 0) is 18.2 Å². The maximum absolute atomic E-state index is 11.8. The Bertz CT molecular complexity index is 652. The highest BCUT2D eigenvalue weighted by Gasteiger charge is 2.13. The minimum atomic E-state index is -0.346. The van der Waals surface area contributed by atoms with Gasteiger partial charge in [-0.1, -0.05) is 40.9 Å². The van der Waals surface area contributed by atoms with Gasteiger partial charge in [0.1, 0.15) is 0 Å². The van der Waals surface area contributed by atoms with Crippen molar-refractivity contribution in [3.05, 3.63) is 55.4 Å². The monoisotopic (exact) mass is 303 g/mol. The van der Waals surface area contributed by atoms with Gasteiger partial charge in [0.05, 0.1) is 21.7 Å². The lowest BCUT2D eigenvalue weighted by Crippen LogP contribution is -2.11. The highest BCUT2D eigenvalue weighted by Crippen LogP contribution is 2.36. The van der Waals surface area contributed by atoms with Gasteiger partial charge in [-0.15, -0.1) is 0 Å². The molecule has 0 aliphatic carbocycles. The first-order valence-electron chi connectivity index (χ1n) is 5.01. The molecule has 0 unspecified atom stereocenters. The lowest BCUT2D eigenvalue weighted by molar-refractivity contribution is 0.276. The second-order valence-corrected chi connectivity index (χ2v) is 4.77. The van der Waals surface area contributed by atoms with Crippen molar-refractivity contribution >= 4 is 34.8 Å². The molecule has 1 aromatic heterocycles. The lowest BCUT2D eigenvalue weighted by Gasteiger charge is -2.07. The van der Waals surface area contributed by atoms with Crippen LogP contribution in [0.5, 0.6) is 0 Å². The molecule has 0 saturated heterocycles. The Labute approximate surface area is 118 Å². The predicted octanol–water partition coefficient (Wildman–Crippen LogP) is 3.49. The van der Waals surface area contributed by atoms with Crippen LogP contribution in [0.25, 0.3) is 11.1 Å². The number of H-pyrrole nitrogens is 1. The Morgan fingerprint density at radius 1 is 1.00 bits per heavy atom. The van der Waals surface area contributed by atoms with Crippen molar-refractivity contribution in [1.29, 1.82) is 0 Å². The van der Waals surface area contributed by atoms with E-state index >= 15 is 0 Å². The van der Waals surface area contributed by atoms with Gasteiger partial charge < -0.3 is 10.1 Å². The Morgan fingerprint density at radius 2 is 1.67 bits per heavy atom. The number of aliphatic hydroxyl groups excluding tert-OH is 1. The topological polar surface area (TPSA) is 53.1 Å². The smallest absolute Gasteiger partial charge is 0.256 e. The summed E-state index contributed by atoms with van der Waals surface area (Å²) < 4.78 is 0. The summed E-state index contributed by atoms with van der Waals surface area (Å²) in [6.07, 6.45) is 0. The highest BCUT2D eigenvalue weighted by molar-refractivity contribution is 6.49. The zero-order valence-electron chi connectivity index (χ0n) is 9.01. The maximum Gasteiger partial charge on any atom is 0.256 e. The van der Waals surface area contributed by atoms with Gasteiger partial charge >= 0.3 is 0 Å². The molecule has 2 N–H and O–H groups in total. The Hall–Kier alpha value is -1.000. The molecule has 2 aromatic rings. The van der Waals surface area contributed by atoms with Crippen LogP contribution >= 0.6 is 34.8 Å². The lowest BCUT2D eigenvalue weighted by atomic mass is 10.1. The van der Waals surface area contributed by atoms with E-state index in [0.717, 1.165) is 0 Å². The average molecular weight is 305 g/mol. The third kappa shape index (κ3) is 2.40. The minimum Gasteiger partial charge on any atom is -0.390 e. The molecule has 18 heavy (non-hydrogen) atoms. The van der Waals surface area contributed by atoms with Gasteiger partial charge in [-0.3, -0.25) is 4.79 Å². The fourth-order valence-electron chi connectivity index (χ4n) is 1.55. The van der Waals surface area contributed by atoms with Crippen LogP contribution in [0.15, 0.2) is 29.1 Å². The Morgan fingerprint density at radius 3 is 2.28 bits per heavy atom. The first-order chi connectivity index (χ1) is 8.54. The number of halogens is 3. The van der Waals surface area contributed by atoms with Gasteiger partial charge in [0.2, 0.25) is 0 Å². The number of aliphatic hydroxyl groups is 1. The van der Waals surface area contributed by atoms with Crippen LogP contribution < -0.4 is 5.56 Å². The molecule has 0 saturated carbocycles. The van der Waals surface area contributed by atoms with E-state index in [1.165, 1.54) is 0 Å². The van der Waals surface area contributed by atoms with Crippen molar-refractivity contribution in [2.75, 3.05) is 0 Å². The van der Waals surface area contributed by atoms with Crippen LogP contribution in [0.4, 0.5) is 0 Å². The molecule has 0 spiro atoms. The zero-order valence-corrected chi connectivity index (χ0v) is 11.3. The molecule has 1 heterocycles. The second kappa shape index (κ2) is 5.33. The third-order valence-electron chi connectivity index (χ3n) is 2.47. The Balaban J connectivity index is 2.63. The van der Waals surface area contributed by atoms with Crippen LogP contribution in [0.1, 0.15) is 5.69 Å². The fourth-order valence-corrected chi connectivity index (χ4v) is 2.19. The molecule has 0 amide bonds. The van der Waals surface area contributed by atoms with Crippen molar-refractivity contribution in [2.45, 2.75) is 6.61 Å². The summed E-state index contributed by atoms with van der Waals surface area (Å²) in [6, 6.07) is 6.38. The third-order valence-corrected chi connectivity index (χ3v) is 3.76. The van der Waals surface area contributed by atoms with Crippen molar-refractivity contribution < 1.29 is 5.11 Å². The second-order valence-electron chi connectivity index (χ2n) is 3.61. The minimum absolute atomic E-state index is 0.210. The standard InChI is InChI=1S/C12H8Cl3NO2/c13-9-4-3-7(10(14)11(9)15)8-2-1-6(5-17)16-12(8)18/h1-4,17H,5H2,(H,16,18). The summed E-state index contributed by atoms with van der Waals surface area (Å²) in [5.74, 6) is 0. The van der Waals surface area contributed by atoms with Gasteiger partial charge in [0.25, 0.3) is 5.56 Å². The van der Waals surface area contributed by atoms with Crippen molar-refractivity contribution in [1.82, 2.24) is 4.98 Å². The first kappa shape index (κ1) is 13.4. The molecular weight excluding hydrogens is 296 g/mol. The molecule has 0 radical (unpaired) electrons. The molecule has 2 rings (SSSR count). The summed E-state index contributed by atoms with van der Waals surface area (Å²) in [6.45, 7) is -0.232. The summed E-state index contributed by atoms with van der Waals surface area (Å²) in [5.41, 5.74) is 0.953. The molecule has 0 aliphatic rings. The van der Waals surface area contributed by atoms with Crippen LogP contribution in [0, 0.1) is 0 Å². The van der Waals surface area contributed by atoms with Gasteiger partial charge in [0.15, 0.2) is 0 Å². The zero-order chi connectivity index (χ0) is 13.3. The number of pyridine rings is 1. The molecule has 0 aliphatic heterocycles. The summed E-state index contributed by atoms with van der Waals surface area (Å²) in [7, 11) is 0. The number of hydrogen-bond donors (Lipinski definition) is 2. The summed E-state index contributed by atoms with van der Waals surface area (Å²) >= 11 is 17.8. The van der Waals surface area contributed by atoms with Crippen molar-refractivity contribution in [3.63, 3.8) is 0 Å². The van der Waals surface area contributed by atoms with E-state index in [1.807, 2.05) is 0 Å². The SMILES string of the molecule is O=c1[nH]c(CO)ccc1-c1ccc(Cl)c(Cl)c1Cl. The van der Waals surface area contributed by atoms with Crippen molar-refractivity contribution in [3.8, 4) is 11.1 Å². The molecular formula is C12H8Cl3NO2. The number of rotatable bonds is 2. The quantitative estimate of drug-likeness (QED) is 0.834. The Kier molecular flexibility index (Phi) is 3.97.